The van der Waals surface area contributed by atoms with Crippen molar-refractivity contribution >= 4 is 0 Å². The lowest BCUT2D eigenvalue weighted by Gasteiger charge is -2.41. The van der Waals surface area contributed by atoms with Crippen molar-refractivity contribution in [3.8, 4) is 0 Å². The van der Waals surface area contributed by atoms with Gasteiger partial charge in [0, 0.05) is 25.2 Å². The van der Waals surface area contributed by atoms with Crippen LogP contribution >= 0.6 is 0 Å². The summed E-state index contributed by atoms with van der Waals surface area (Å²) in [6.45, 7) is 13.0. The van der Waals surface area contributed by atoms with Crippen molar-refractivity contribution in [3.63, 3.8) is 0 Å². The molecule has 0 amide bonds. The highest BCUT2D eigenvalue weighted by atomic mass is 15.2. The van der Waals surface area contributed by atoms with E-state index in [-0.39, 0.29) is 0 Å². The molecule has 1 N–H and O–H groups in total. The molecule has 15 heavy (non-hydrogen) atoms. The lowest BCUT2D eigenvalue weighted by molar-refractivity contribution is 0.101. The Hall–Kier alpha value is -0.0800. The Kier molecular flexibility index (Phi) is 5.62. The maximum absolute atomic E-state index is 3.59. The van der Waals surface area contributed by atoms with Gasteiger partial charge in [0.25, 0.3) is 0 Å². The van der Waals surface area contributed by atoms with Crippen LogP contribution in [0, 0.1) is 5.92 Å². The molecule has 1 fully saturated rings. The van der Waals surface area contributed by atoms with Gasteiger partial charge in [-0.25, -0.2) is 0 Å². The monoisotopic (exact) mass is 212 g/mol. The van der Waals surface area contributed by atoms with E-state index in [2.05, 4.69) is 37.9 Å². The Morgan fingerprint density at radius 2 is 2.07 bits per heavy atom. The van der Waals surface area contributed by atoms with Crippen LogP contribution < -0.4 is 5.32 Å². The number of piperazine rings is 1. The van der Waals surface area contributed by atoms with Gasteiger partial charge in [0.2, 0.25) is 0 Å². The molecule has 1 saturated heterocycles. The summed E-state index contributed by atoms with van der Waals surface area (Å²) < 4.78 is 0. The summed E-state index contributed by atoms with van der Waals surface area (Å²) >= 11 is 0. The van der Waals surface area contributed by atoms with Crippen LogP contribution in [-0.4, -0.2) is 36.6 Å². The zero-order valence-corrected chi connectivity index (χ0v) is 10.9. The Morgan fingerprint density at radius 1 is 1.33 bits per heavy atom. The highest BCUT2D eigenvalue weighted by Crippen LogP contribution is 2.15. The van der Waals surface area contributed by atoms with Crippen LogP contribution in [0.25, 0.3) is 0 Å². The van der Waals surface area contributed by atoms with E-state index in [1.807, 2.05) is 0 Å². The number of nitrogens with zero attached hydrogens (tertiary/aromatic N) is 1. The van der Waals surface area contributed by atoms with Crippen LogP contribution in [-0.2, 0) is 0 Å². The molecule has 2 nitrogen and oxygen atoms in total. The third-order valence-electron chi connectivity index (χ3n) is 3.47. The number of hydrogen-bond donors (Lipinski definition) is 1. The number of hydrogen-bond acceptors (Lipinski definition) is 2. The summed E-state index contributed by atoms with van der Waals surface area (Å²) in [6.07, 6.45) is 4.07. The van der Waals surface area contributed by atoms with Gasteiger partial charge in [-0.1, -0.05) is 33.6 Å². The fraction of sp³-hybridized carbons (Fsp3) is 1.00. The molecule has 0 aromatic rings. The quantitative estimate of drug-likeness (QED) is 0.704. The largest absolute Gasteiger partial charge is 0.311 e. The highest BCUT2D eigenvalue weighted by Gasteiger charge is 2.27. The number of unbranched alkanes of at least 4 members (excludes halogenated alkanes) is 2. The van der Waals surface area contributed by atoms with Gasteiger partial charge in [0.05, 0.1) is 0 Å². The molecule has 1 heterocycles. The SMILES string of the molecule is CCCCCN1CC(C)NCC1C(C)C. The van der Waals surface area contributed by atoms with E-state index in [9.17, 15) is 0 Å². The molecular weight excluding hydrogens is 184 g/mol. The van der Waals surface area contributed by atoms with Gasteiger partial charge < -0.3 is 5.32 Å². The molecular formula is C13H28N2. The first-order valence-electron chi connectivity index (χ1n) is 6.62. The van der Waals surface area contributed by atoms with Gasteiger partial charge in [-0.3, -0.25) is 4.90 Å². The van der Waals surface area contributed by atoms with E-state index < -0.39 is 0 Å². The lowest BCUT2D eigenvalue weighted by atomic mass is 9.98. The summed E-state index contributed by atoms with van der Waals surface area (Å²) in [5, 5.41) is 3.59. The molecule has 0 aromatic heterocycles. The average molecular weight is 212 g/mol. The topological polar surface area (TPSA) is 15.3 Å². The second-order valence-electron chi connectivity index (χ2n) is 5.32. The number of rotatable bonds is 5. The maximum Gasteiger partial charge on any atom is 0.0244 e. The van der Waals surface area contributed by atoms with E-state index in [0.29, 0.717) is 6.04 Å². The second kappa shape index (κ2) is 6.49. The zero-order chi connectivity index (χ0) is 11.3. The molecule has 0 bridgehead atoms. The van der Waals surface area contributed by atoms with Crippen LogP contribution in [0.4, 0.5) is 0 Å². The molecule has 0 radical (unpaired) electrons. The van der Waals surface area contributed by atoms with Crippen molar-refractivity contribution in [2.24, 2.45) is 5.92 Å². The molecule has 0 aromatic carbocycles. The molecule has 0 aliphatic carbocycles. The van der Waals surface area contributed by atoms with Gasteiger partial charge >= 0.3 is 0 Å². The summed E-state index contributed by atoms with van der Waals surface area (Å²) in [4.78, 5) is 2.70. The highest BCUT2D eigenvalue weighted by molar-refractivity contribution is 4.85. The first kappa shape index (κ1) is 13.0. The maximum atomic E-state index is 3.59. The molecule has 1 rings (SSSR count). The minimum Gasteiger partial charge on any atom is -0.311 e. The minimum atomic E-state index is 0.668. The normalized spacial score (nSPS) is 28.6. The summed E-state index contributed by atoms with van der Waals surface area (Å²) in [5.74, 6) is 0.770. The van der Waals surface area contributed by atoms with Crippen molar-refractivity contribution in [1.82, 2.24) is 10.2 Å². The molecule has 1 aliphatic rings. The van der Waals surface area contributed by atoms with Gasteiger partial charge in [0.1, 0.15) is 0 Å². The zero-order valence-electron chi connectivity index (χ0n) is 10.9. The predicted octanol–water partition coefficient (Wildman–Crippen LogP) is 2.49. The minimum absolute atomic E-state index is 0.668. The van der Waals surface area contributed by atoms with Crippen molar-refractivity contribution in [3.05, 3.63) is 0 Å². The summed E-state index contributed by atoms with van der Waals surface area (Å²) in [6, 6.07) is 1.42. The average Bonchev–Trinajstić information content (AvgIpc) is 2.18. The number of nitrogens with one attached hydrogen (secondary N) is 1. The molecule has 1 aliphatic heterocycles. The first-order valence-corrected chi connectivity index (χ1v) is 6.62. The van der Waals surface area contributed by atoms with Gasteiger partial charge in [0.15, 0.2) is 0 Å². The Balaban J connectivity index is 2.39. The van der Waals surface area contributed by atoms with Crippen molar-refractivity contribution in [2.45, 2.75) is 59.0 Å². The van der Waals surface area contributed by atoms with Crippen LogP contribution in [0.15, 0.2) is 0 Å². The van der Waals surface area contributed by atoms with Gasteiger partial charge in [-0.2, -0.15) is 0 Å². The van der Waals surface area contributed by atoms with Crippen LogP contribution in [0.2, 0.25) is 0 Å². The Bertz CT molecular complexity index is 168. The summed E-state index contributed by atoms with van der Waals surface area (Å²) in [7, 11) is 0. The van der Waals surface area contributed by atoms with Crippen LogP contribution in [0.3, 0.4) is 0 Å². The standard InChI is InChI=1S/C13H28N2/c1-5-6-7-8-15-10-12(4)14-9-13(15)11(2)3/h11-14H,5-10H2,1-4H3. The Morgan fingerprint density at radius 3 is 2.67 bits per heavy atom. The smallest absolute Gasteiger partial charge is 0.0244 e. The fourth-order valence-corrected chi connectivity index (χ4v) is 2.48. The predicted molar refractivity (Wildman–Crippen MR) is 67.2 cm³/mol. The second-order valence-corrected chi connectivity index (χ2v) is 5.32. The lowest BCUT2D eigenvalue weighted by Crippen LogP contribution is -2.57. The third kappa shape index (κ3) is 4.12. The van der Waals surface area contributed by atoms with Crippen molar-refractivity contribution in [1.29, 1.82) is 0 Å². The van der Waals surface area contributed by atoms with E-state index in [4.69, 9.17) is 0 Å². The van der Waals surface area contributed by atoms with E-state index in [0.717, 1.165) is 12.0 Å². The van der Waals surface area contributed by atoms with E-state index in [1.165, 1.54) is 38.9 Å². The van der Waals surface area contributed by atoms with E-state index in [1.54, 1.807) is 0 Å². The molecule has 90 valence electrons. The van der Waals surface area contributed by atoms with Crippen molar-refractivity contribution < 1.29 is 0 Å². The third-order valence-corrected chi connectivity index (χ3v) is 3.47. The van der Waals surface area contributed by atoms with Gasteiger partial charge in [-0.05, 0) is 25.8 Å². The molecule has 2 unspecified atom stereocenters. The molecule has 2 heteroatoms. The van der Waals surface area contributed by atoms with Crippen LogP contribution in [0.5, 0.6) is 0 Å². The summed E-state index contributed by atoms with van der Waals surface area (Å²) in [5.41, 5.74) is 0. The molecule has 0 spiro atoms. The van der Waals surface area contributed by atoms with Crippen molar-refractivity contribution in [2.75, 3.05) is 19.6 Å². The Labute approximate surface area is 95.4 Å². The fourth-order valence-electron chi connectivity index (χ4n) is 2.48. The molecule has 0 saturated carbocycles. The van der Waals surface area contributed by atoms with E-state index >= 15 is 0 Å². The first-order chi connectivity index (χ1) is 7.15. The van der Waals surface area contributed by atoms with Gasteiger partial charge in [-0.15, -0.1) is 0 Å². The van der Waals surface area contributed by atoms with Crippen LogP contribution in [0.1, 0.15) is 47.0 Å². The molecule has 2 atom stereocenters.